The number of benzene rings is 1. The summed E-state index contributed by atoms with van der Waals surface area (Å²) in [6, 6.07) is 11.7. The minimum absolute atomic E-state index is 0.205. The van der Waals surface area contributed by atoms with E-state index in [1.54, 1.807) is 24.4 Å². The number of carbonyl (C=O) groups is 1. The number of carbonyl (C=O) groups excluding carboxylic acids is 1. The smallest absolute Gasteiger partial charge is 0.319 e. The lowest BCUT2D eigenvalue weighted by Gasteiger charge is -2.28. The number of amides is 2. The normalized spacial score (nSPS) is 16.3. The summed E-state index contributed by atoms with van der Waals surface area (Å²) in [6.07, 6.45) is 1.60. The number of aromatic amines is 1. The van der Waals surface area contributed by atoms with Gasteiger partial charge in [0, 0.05) is 34.5 Å². The molecule has 3 heterocycles. The predicted octanol–water partition coefficient (Wildman–Crippen LogP) is 3.16. The molecule has 1 aliphatic heterocycles. The molecule has 7 nitrogen and oxygen atoms in total. The fraction of sp³-hybridized carbons (Fsp3) is 0.100. The molecule has 0 spiro atoms. The number of aromatic nitrogens is 2. The fourth-order valence-electron chi connectivity index (χ4n) is 3.08. The Morgan fingerprint density at radius 3 is 2.61 bits per heavy atom. The second-order valence-electron chi connectivity index (χ2n) is 6.28. The van der Waals surface area contributed by atoms with Crippen molar-refractivity contribution in [3.8, 4) is 17.3 Å². The third-order valence-electron chi connectivity index (χ3n) is 4.46. The molecule has 0 saturated carbocycles. The van der Waals surface area contributed by atoms with Crippen LogP contribution in [0.5, 0.6) is 0 Å². The number of nitrogens with zero attached hydrogens (tertiary/aromatic N) is 2. The van der Waals surface area contributed by atoms with Crippen molar-refractivity contribution in [2.24, 2.45) is 0 Å². The first-order valence-corrected chi connectivity index (χ1v) is 9.36. The van der Waals surface area contributed by atoms with Crippen LogP contribution in [0.3, 0.4) is 0 Å². The quantitative estimate of drug-likeness (QED) is 0.639. The zero-order chi connectivity index (χ0) is 19.7. The van der Waals surface area contributed by atoms with Gasteiger partial charge in [-0.3, -0.25) is 4.79 Å². The Morgan fingerprint density at radius 2 is 1.93 bits per heavy atom. The van der Waals surface area contributed by atoms with Crippen LogP contribution in [0, 0.1) is 11.3 Å². The minimum atomic E-state index is -0.425. The first-order valence-electron chi connectivity index (χ1n) is 8.48. The lowest BCUT2D eigenvalue weighted by molar-refractivity contribution is 0.240. The first-order chi connectivity index (χ1) is 13.5. The second kappa shape index (κ2) is 7.13. The van der Waals surface area contributed by atoms with Crippen LogP contribution in [-0.4, -0.2) is 16.0 Å². The third-order valence-corrected chi connectivity index (χ3v) is 5.33. The topological polar surface area (TPSA) is 111 Å². The van der Waals surface area contributed by atoms with E-state index in [9.17, 15) is 9.59 Å². The van der Waals surface area contributed by atoms with E-state index >= 15 is 0 Å². The fourth-order valence-corrected chi connectivity index (χ4v) is 4.04. The summed E-state index contributed by atoms with van der Waals surface area (Å²) in [6.45, 7) is 1.83. The molecule has 2 aromatic heterocycles. The van der Waals surface area contributed by atoms with Crippen LogP contribution in [0.15, 0.2) is 58.5 Å². The summed E-state index contributed by atoms with van der Waals surface area (Å²) in [7, 11) is 0. The van der Waals surface area contributed by atoms with Crippen LogP contribution in [-0.2, 0) is 0 Å². The van der Waals surface area contributed by atoms with Gasteiger partial charge in [0.2, 0.25) is 5.56 Å². The lowest BCUT2D eigenvalue weighted by atomic mass is 9.97. The molecule has 4 rings (SSSR count). The van der Waals surface area contributed by atoms with Crippen molar-refractivity contribution in [3.63, 3.8) is 0 Å². The summed E-state index contributed by atoms with van der Waals surface area (Å²) < 4.78 is 0. The van der Waals surface area contributed by atoms with Crippen molar-refractivity contribution in [3.05, 3.63) is 80.2 Å². The molecule has 138 valence electrons. The number of H-pyrrole nitrogens is 1. The standard InChI is InChI=1S/C20H15N5O2S/c1-11-17(18(25-20(27)23-11)14-6-7-16(26)22-9-14)19-24-15(10-28-19)13-4-2-12(8-21)3-5-13/h2-7,9-10,18H,1H3,(H,22,26)(H2,23,25,27). The van der Waals surface area contributed by atoms with Gasteiger partial charge in [-0.25, -0.2) is 9.78 Å². The number of allylic oxidation sites excluding steroid dienone is 1. The Morgan fingerprint density at radius 1 is 1.14 bits per heavy atom. The van der Waals surface area contributed by atoms with Gasteiger partial charge in [0.05, 0.1) is 23.4 Å². The molecule has 3 N–H and O–H groups in total. The highest BCUT2D eigenvalue weighted by molar-refractivity contribution is 7.11. The van der Waals surface area contributed by atoms with Gasteiger partial charge in [-0.1, -0.05) is 12.1 Å². The van der Waals surface area contributed by atoms with Gasteiger partial charge in [0.1, 0.15) is 5.01 Å². The second-order valence-corrected chi connectivity index (χ2v) is 7.14. The Kier molecular flexibility index (Phi) is 4.51. The molecule has 0 fully saturated rings. The molecule has 0 radical (unpaired) electrons. The van der Waals surface area contributed by atoms with Crippen molar-refractivity contribution in [2.75, 3.05) is 0 Å². The van der Waals surface area contributed by atoms with E-state index in [-0.39, 0.29) is 11.6 Å². The van der Waals surface area contributed by atoms with Crippen LogP contribution in [0.2, 0.25) is 0 Å². The van der Waals surface area contributed by atoms with Crippen LogP contribution < -0.4 is 16.2 Å². The van der Waals surface area contributed by atoms with Gasteiger partial charge in [0.15, 0.2) is 0 Å². The largest absolute Gasteiger partial charge is 0.329 e. The van der Waals surface area contributed by atoms with Crippen LogP contribution >= 0.6 is 11.3 Å². The van der Waals surface area contributed by atoms with E-state index in [2.05, 4.69) is 21.7 Å². The zero-order valence-electron chi connectivity index (χ0n) is 14.8. The Hall–Kier alpha value is -3.70. The van der Waals surface area contributed by atoms with Crippen molar-refractivity contribution < 1.29 is 4.79 Å². The highest BCUT2D eigenvalue weighted by atomic mass is 32.1. The lowest BCUT2D eigenvalue weighted by Crippen LogP contribution is -2.43. The number of hydrogen-bond acceptors (Lipinski definition) is 5. The molecular weight excluding hydrogens is 374 g/mol. The van der Waals surface area contributed by atoms with Crippen molar-refractivity contribution in [2.45, 2.75) is 13.0 Å². The molecule has 0 bridgehead atoms. The number of rotatable bonds is 3. The molecule has 1 aliphatic rings. The molecule has 8 heteroatoms. The molecule has 1 aromatic carbocycles. The summed E-state index contributed by atoms with van der Waals surface area (Å²) in [5, 5.41) is 17.3. The summed E-state index contributed by atoms with van der Waals surface area (Å²) >= 11 is 1.47. The summed E-state index contributed by atoms with van der Waals surface area (Å²) in [5.41, 5.74) is 4.41. The van der Waals surface area contributed by atoms with Gasteiger partial charge in [0.25, 0.3) is 0 Å². The van der Waals surface area contributed by atoms with Crippen LogP contribution in [0.4, 0.5) is 4.79 Å². The average Bonchev–Trinajstić information content (AvgIpc) is 3.17. The van der Waals surface area contributed by atoms with Gasteiger partial charge in [-0.15, -0.1) is 11.3 Å². The minimum Gasteiger partial charge on any atom is -0.329 e. The molecule has 3 aromatic rings. The van der Waals surface area contributed by atoms with E-state index < -0.39 is 6.04 Å². The van der Waals surface area contributed by atoms with Crippen LogP contribution in [0.1, 0.15) is 29.1 Å². The highest BCUT2D eigenvalue weighted by Gasteiger charge is 2.29. The van der Waals surface area contributed by atoms with E-state index in [1.807, 2.05) is 24.4 Å². The number of thiazole rings is 1. The molecule has 0 aliphatic carbocycles. The highest BCUT2D eigenvalue weighted by Crippen LogP contribution is 2.36. The van der Waals surface area contributed by atoms with Gasteiger partial charge in [-0.05, 0) is 30.7 Å². The van der Waals surface area contributed by atoms with Crippen molar-refractivity contribution in [1.82, 2.24) is 20.6 Å². The number of pyridine rings is 1. The summed E-state index contributed by atoms with van der Waals surface area (Å²) in [5.74, 6) is 0. The maximum Gasteiger partial charge on any atom is 0.319 e. The summed E-state index contributed by atoms with van der Waals surface area (Å²) in [4.78, 5) is 30.8. The SMILES string of the molecule is CC1=C(c2nc(-c3ccc(C#N)cc3)cs2)C(c2ccc(=O)[nH]c2)NC(=O)N1. The van der Waals surface area contributed by atoms with E-state index in [0.717, 1.165) is 27.4 Å². The number of urea groups is 1. The molecule has 1 unspecified atom stereocenters. The first kappa shape index (κ1) is 17.7. The maximum absolute atomic E-state index is 12.0. The van der Waals surface area contributed by atoms with E-state index in [1.165, 1.54) is 17.4 Å². The van der Waals surface area contributed by atoms with Crippen molar-refractivity contribution in [1.29, 1.82) is 5.26 Å². The Bertz CT molecular complexity index is 1160. The maximum atomic E-state index is 12.0. The average molecular weight is 389 g/mol. The third kappa shape index (κ3) is 3.31. The van der Waals surface area contributed by atoms with Gasteiger partial charge in [-0.2, -0.15) is 5.26 Å². The molecular formula is C20H15N5O2S. The number of nitriles is 1. The monoisotopic (exact) mass is 389 g/mol. The number of hydrogen-bond donors (Lipinski definition) is 3. The van der Waals surface area contributed by atoms with E-state index in [4.69, 9.17) is 10.2 Å². The van der Waals surface area contributed by atoms with Crippen LogP contribution in [0.25, 0.3) is 16.8 Å². The zero-order valence-corrected chi connectivity index (χ0v) is 15.6. The van der Waals surface area contributed by atoms with E-state index in [0.29, 0.717) is 11.3 Å². The van der Waals surface area contributed by atoms with Gasteiger partial charge < -0.3 is 15.6 Å². The van der Waals surface area contributed by atoms with Gasteiger partial charge >= 0.3 is 6.03 Å². The molecule has 28 heavy (non-hydrogen) atoms. The number of nitrogens with one attached hydrogen (secondary N) is 3. The molecule has 1 atom stereocenters. The molecule has 2 amide bonds. The Balaban J connectivity index is 1.74. The predicted molar refractivity (Wildman–Crippen MR) is 106 cm³/mol. The Labute approximate surface area is 164 Å². The van der Waals surface area contributed by atoms with Crippen molar-refractivity contribution >= 4 is 22.9 Å². The molecule has 0 saturated heterocycles.